The molecule has 2 nitrogen and oxygen atoms in total. The highest BCUT2D eigenvalue weighted by molar-refractivity contribution is 6.55. The van der Waals surface area contributed by atoms with E-state index in [4.69, 9.17) is 34.8 Å². The van der Waals surface area contributed by atoms with Crippen LogP contribution in [0, 0.1) is 0 Å². The van der Waals surface area contributed by atoms with E-state index in [1.54, 1.807) is 0 Å². The predicted molar refractivity (Wildman–Crippen MR) is 36.6 cm³/mol. The van der Waals surface area contributed by atoms with Gasteiger partial charge in [0.15, 0.2) is 0 Å². The maximum absolute atomic E-state index is 10.2. The second-order valence-electron chi connectivity index (χ2n) is 1.03. The highest BCUT2D eigenvalue weighted by Crippen LogP contribution is 2.05. The molecule has 0 saturated carbocycles. The van der Waals surface area contributed by atoms with Crippen LogP contribution in [0.5, 0.6) is 0 Å². The van der Waals surface area contributed by atoms with Crippen molar-refractivity contribution in [1.29, 1.82) is 0 Å². The molecular weight excluding hydrogens is 186 g/mol. The zero-order chi connectivity index (χ0) is 7.28. The number of rotatable bonds is 2. The van der Waals surface area contributed by atoms with Gasteiger partial charge in [-0.15, -0.1) is 11.6 Å². The fourth-order valence-electron chi connectivity index (χ4n) is 0.142. The van der Waals surface area contributed by atoms with Crippen LogP contribution in [-0.4, -0.2) is 11.8 Å². The lowest BCUT2D eigenvalue weighted by Crippen LogP contribution is -1.99. The van der Waals surface area contributed by atoms with Crippen molar-refractivity contribution in [3.8, 4) is 0 Å². The van der Waals surface area contributed by atoms with Crippen LogP contribution < -0.4 is 0 Å². The highest BCUT2D eigenvalue weighted by atomic mass is 35.5. The first-order chi connectivity index (χ1) is 4.16. The van der Waals surface area contributed by atoms with Gasteiger partial charge >= 0.3 is 5.97 Å². The van der Waals surface area contributed by atoms with Gasteiger partial charge in [-0.2, -0.15) is 0 Å². The van der Waals surface area contributed by atoms with E-state index in [1.165, 1.54) is 0 Å². The van der Waals surface area contributed by atoms with E-state index >= 15 is 0 Å². The molecule has 5 heteroatoms. The van der Waals surface area contributed by atoms with E-state index in [1.807, 2.05) is 0 Å². The minimum absolute atomic E-state index is 0.117. The van der Waals surface area contributed by atoms with Gasteiger partial charge in [-0.3, -0.25) is 4.79 Å². The Labute approximate surface area is 67.3 Å². The largest absolute Gasteiger partial charge is 0.431 e. The van der Waals surface area contributed by atoms with Crippen LogP contribution in [0.15, 0.2) is 10.8 Å². The maximum atomic E-state index is 10.2. The Hall–Kier alpha value is 0.0800. The summed E-state index contributed by atoms with van der Waals surface area (Å²) in [5.74, 6) is -0.798. The first kappa shape index (κ1) is 9.08. The molecule has 0 unspecified atom stereocenters. The summed E-state index contributed by atoms with van der Waals surface area (Å²) in [5.41, 5.74) is 0. The van der Waals surface area contributed by atoms with Crippen LogP contribution in [0.3, 0.4) is 0 Å². The molecule has 52 valence electrons. The van der Waals surface area contributed by atoms with Gasteiger partial charge in [0, 0.05) is 0 Å². The van der Waals surface area contributed by atoms with E-state index in [0.29, 0.717) is 0 Å². The SMILES string of the molecule is O=C(CCl)OC=C(Cl)Cl. The minimum atomic E-state index is -0.588. The first-order valence-corrected chi connectivity index (χ1v) is 3.22. The average Bonchev–Trinajstić information content (AvgIpc) is 1.83. The van der Waals surface area contributed by atoms with Crippen LogP contribution in [0.25, 0.3) is 0 Å². The molecule has 9 heavy (non-hydrogen) atoms. The summed E-state index contributed by atoms with van der Waals surface area (Å²) in [7, 11) is 0. The Morgan fingerprint density at radius 2 is 2.11 bits per heavy atom. The van der Waals surface area contributed by atoms with Gasteiger partial charge in [-0.05, 0) is 0 Å². The Morgan fingerprint density at radius 3 is 2.44 bits per heavy atom. The summed E-state index contributed by atoms with van der Waals surface area (Å²) in [6, 6.07) is 0. The lowest BCUT2D eigenvalue weighted by atomic mass is 10.8. The molecule has 0 aliphatic carbocycles. The molecule has 0 heterocycles. The number of ether oxygens (including phenoxy) is 1. The molecule has 0 aliphatic rings. The molecule has 0 aromatic rings. The zero-order valence-corrected chi connectivity index (χ0v) is 6.50. The smallest absolute Gasteiger partial charge is 0.325 e. The van der Waals surface area contributed by atoms with Gasteiger partial charge in [-0.25, -0.2) is 0 Å². The lowest BCUT2D eigenvalue weighted by molar-refractivity contribution is -0.135. The van der Waals surface area contributed by atoms with Crippen LogP contribution in [0.4, 0.5) is 0 Å². The van der Waals surface area contributed by atoms with Crippen molar-refractivity contribution in [3.63, 3.8) is 0 Å². The summed E-state index contributed by atoms with van der Waals surface area (Å²) in [4.78, 5) is 10.2. The number of carbonyl (C=O) groups is 1. The molecule has 0 rings (SSSR count). The molecule has 0 radical (unpaired) electrons. The number of hydrogen-bond acceptors (Lipinski definition) is 2. The average molecular weight is 189 g/mol. The summed E-state index contributed by atoms with van der Waals surface area (Å²) in [5, 5.41) is 0. The fraction of sp³-hybridized carbons (Fsp3) is 0.250. The predicted octanol–water partition coefficient (Wildman–Crippen LogP) is 2.04. The molecule has 0 N–H and O–H groups in total. The van der Waals surface area contributed by atoms with E-state index in [0.717, 1.165) is 6.26 Å². The second kappa shape index (κ2) is 4.91. The topological polar surface area (TPSA) is 26.3 Å². The molecule has 0 spiro atoms. The quantitative estimate of drug-likeness (QED) is 0.377. The Kier molecular flexibility index (Phi) is 4.96. The van der Waals surface area contributed by atoms with E-state index in [9.17, 15) is 4.79 Å². The van der Waals surface area contributed by atoms with Crippen molar-refractivity contribution < 1.29 is 9.53 Å². The minimum Gasteiger partial charge on any atom is -0.431 e. The normalized spacial score (nSPS) is 8.33. The Balaban J connectivity index is 3.50. The van der Waals surface area contributed by atoms with Crippen LogP contribution in [0.1, 0.15) is 0 Å². The molecule has 0 aromatic heterocycles. The maximum Gasteiger partial charge on any atom is 0.325 e. The van der Waals surface area contributed by atoms with Crippen molar-refractivity contribution in [1.82, 2.24) is 0 Å². The molecule has 0 aromatic carbocycles. The second-order valence-corrected chi connectivity index (χ2v) is 2.31. The van der Waals surface area contributed by atoms with Gasteiger partial charge in [0.2, 0.25) is 0 Å². The molecule has 0 saturated heterocycles. The van der Waals surface area contributed by atoms with Crippen molar-refractivity contribution in [2.75, 3.05) is 5.88 Å². The molecule has 0 atom stereocenters. The Bertz CT molecular complexity index is 128. The van der Waals surface area contributed by atoms with E-state index < -0.39 is 5.97 Å². The molecular formula is C4H3Cl3O2. The number of halogens is 3. The summed E-state index contributed by atoms with van der Waals surface area (Å²) in [6.07, 6.45) is 0.911. The lowest BCUT2D eigenvalue weighted by Gasteiger charge is -1.90. The number of alkyl halides is 1. The molecule has 0 aliphatic heterocycles. The van der Waals surface area contributed by atoms with Crippen LogP contribution in [-0.2, 0) is 9.53 Å². The van der Waals surface area contributed by atoms with Crippen LogP contribution >= 0.6 is 34.8 Å². The van der Waals surface area contributed by atoms with E-state index in [2.05, 4.69) is 4.74 Å². The van der Waals surface area contributed by atoms with Gasteiger partial charge in [0.1, 0.15) is 16.6 Å². The van der Waals surface area contributed by atoms with Crippen LogP contribution in [0.2, 0.25) is 0 Å². The van der Waals surface area contributed by atoms with Crippen molar-refractivity contribution in [3.05, 3.63) is 10.8 Å². The number of carbonyl (C=O) groups excluding carboxylic acids is 1. The van der Waals surface area contributed by atoms with E-state index in [-0.39, 0.29) is 10.4 Å². The van der Waals surface area contributed by atoms with Gasteiger partial charge in [0.25, 0.3) is 0 Å². The summed E-state index contributed by atoms with van der Waals surface area (Å²) >= 11 is 15.2. The molecule has 0 fully saturated rings. The standard InChI is InChI=1S/C4H3Cl3O2/c5-1-4(8)9-2-3(6)7/h2H,1H2. The van der Waals surface area contributed by atoms with Crippen molar-refractivity contribution in [2.45, 2.75) is 0 Å². The third kappa shape index (κ3) is 5.96. The monoisotopic (exact) mass is 188 g/mol. The molecule has 0 bridgehead atoms. The highest BCUT2D eigenvalue weighted by Gasteiger charge is 1.95. The van der Waals surface area contributed by atoms with Gasteiger partial charge < -0.3 is 4.74 Å². The Morgan fingerprint density at radius 1 is 1.56 bits per heavy atom. The van der Waals surface area contributed by atoms with Crippen molar-refractivity contribution >= 4 is 40.8 Å². The van der Waals surface area contributed by atoms with Gasteiger partial charge in [0.05, 0.1) is 0 Å². The van der Waals surface area contributed by atoms with Crippen molar-refractivity contribution in [2.24, 2.45) is 0 Å². The summed E-state index contributed by atoms with van der Waals surface area (Å²) < 4.78 is 4.14. The fourth-order valence-corrected chi connectivity index (χ4v) is 0.294. The van der Waals surface area contributed by atoms with Gasteiger partial charge in [-0.1, -0.05) is 23.2 Å². The third-order valence-electron chi connectivity index (χ3n) is 0.389. The number of esters is 1. The molecule has 0 amide bonds. The summed E-state index contributed by atoms with van der Waals surface area (Å²) in [6.45, 7) is 0. The zero-order valence-electron chi connectivity index (χ0n) is 4.23. The number of hydrogen-bond donors (Lipinski definition) is 0. The third-order valence-corrected chi connectivity index (χ3v) is 0.785. The first-order valence-electron chi connectivity index (χ1n) is 1.93.